The van der Waals surface area contributed by atoms with E-state index >= 15 is 4.39 Å². The predicted molar refractivity (Wildman–Crippen MR) is 115 cm³/mol. The van der Waals surface area contributed by atoms with Gasteiger partial charge in [-0.25, -0.2) is 8.96 Å². The van der Waals surface area contributed by atoms with Crippen molar-refractivity contribution in [2.24, 2.45) is 0 Å². The van der Waals surface area contributed by atoms with Crippen LogP contribution >= 0.6 is 20.0 Å². The Bertz CT molecular complexity index is 1320. The lowest BCUT2D eigenvalue weighted by Gasteiger charge is -2.29. The standard InChI is InChI=1S/C20H20FN2O8PS/c1-4-12-7-23(19(33)22-17(12)26)18-14(24)16(25)20(21,30-18)9-29-32(27)28-8-13-6-10(2)5-11(3)15(13)31-32/h1,5-7,14,16,18,24-25H,8-9H2,2-3H3,(H,22,26,33)/t14-,16+,18-,20-,32?/m1/s1. The van der Waals surface area contributed by atoms with Crippen LogP contribution < -0.4 is 10.1 Å². The highest BCUT2D eigenvalue weighted by Gasteiger charge is 2.57. The summed E-state index contributed by atoms with van der Waals surface area (Å²) in [5, 5.41) is 20.7. The van der Waals surface area contributed by atoms with Crippen LogP contribution in [0.5, 0.6) is 5.75 Å². The van der Waals surface area contributed by atoms with Gasteiger partial charge in [0.25, 0.3) is 11.4 Å². The molecule has 2 aromatic rings. The lowest BCUT2D eigenvalue weighted by molar-refractivity contribution is -0.205. The molecular weight excluding hydrogens is 478 g/mol. The lowest BCUT2D eigenvalue weighted by atomic mass is 10.1. The molecule has 5 atom stereocenters. The van der Waals surface area contributed by atoms with E-state index in [1.165, 1.54) is 0 Å². The zero-order valence-corrected chi connectivity index (χ0v) is 19.2. The van der Waals surface area contributed by atoms with Gasteiger partial charge >= 0.3 is 7.82 Å². The molecule has 33 heavy (non-hydrogen) atoms. The van der Waals surface area contributed by atoms with Crippen LogP contribution in [0, 0.1) is 31.0 Å². The minimum absolute atomic E-state index is 0.0928. The van der Waals surface area contributed by atoms with E-state index in [-0.39, 0.29) is 16.9 Å². The molecule has 0 amide bonds. The number of aliphatic hydroxyl groups excluding tert-OH is 2. The number of halogens is 1. The fourth-order valence-electron chi connectivity index (χ4n) is 3.67. The lowest BCUT2D eigenvalue weighted by Crippen LogP contribution is -2.43. The molecule has 0 bridgehead atoms. The number of benzene rings is 1. The average Bonchev–Trinajstić information content (AvgIpc) is 2.98. The van der Waals surface area contributed by atoms with Crippen LogP contribution in [-0.2, 0) is 25.0 Å². The Morgan fingerprint density at radius 3 is 2.88 bits per heavy atom. The number of aromatic nitrogens is 2. The predicted octanol–water partition coefficient (Wildman–Crippen LogP) is 2.15. The molecule has 13 heteroatoms. The number of fused-ring (bicyclic) bond motifs is 1. The second-order valence-electron chi connectivity index (χ2n) is 7.74. The van der Waals surface area contributed by atoms with Crippen LogP contribution in [0.2, 0.25) is 0 Å². The molecule has 2 aliphatic rings. The number of hydrogen-bond acceptors (Lipinski definition) is 9. The summed E-state index contributed by atoms with van der Waals surface area (Å²) in [4.78, 5) is 14.0. The van der Waals surface area contributed by atoms with Crippen LogP contribution in [0.4, 0.5) is 4.39 Å². The third-order valence-corrected chi connectivity index (χ3v) is 6.88. The van der Waals surface area contributed by atoms with Crippen molar-refractivity contribution in [3.63, 3.8) is 0 Å². The smallest absolute Gasteiger partial charge is 0.403 e. The molecule has 176 valence electrons. The van der Waals surface area contributed by atoms with Crippen LogP contribution in [0.1, 0.15) is 28.5 Å². The van der Waals surface area contributed by atoms with Gasteiger partial charge in [-0.3, -0.25) is 23.4 Å². The van der Waals surface area contributed by atoms with Crippen molar-refractivity contribution >= 4 is 20.0 Å². The second kappa shape index (κ2) is 8.45. The zero-order valence-electron chi connectivity index (χ0n) is 17.5. The summed E-state index contributed by atoms with van der Waals surface area (Å²) in [6.07, 6.45) is 0.825. The number of H-pyrrole nitrogens is 1. The van der Waals surface area contributed by atoms with Crippen molar-refractivity contribution in [2.45, 2.75) is 44.7 Å². The van der Waals surface area contributed by atoms with E-state index in [0.29, 0.717) is 16.9 Å². The molecule has 0 saturated carbocycles. The van der Waals surface area contributed by atoms with Crippen molar-refractivity contribution in [3.05, 3.63) is 55.7 Å². The van der Waals surface area contributed by atoms with Crippen LogP contribution in [-0.4, -0.2) is 44.4 Å². The summed E-state index contributed by atoms with van der Waals surface area (Å²) in [6.45, 7) is 2.44. The third-order valence-electron chi connectivity index (χ3n) is 5.27. The molecule has 1 saturated heterocycles. The summed E-state index contributed by atoms with van der Waals surface area (Å²) in [7, 11) is -4.26. The highest BCUT2D eigenvalue weighted by molar-refractivity contribution is 7.71. The monoisotopic (exact) mass is 498 g/mol. The largest absolute Gasteiger partial charge is 0.530 e. The first-order chi connectivity index (χ1) is 15.5. The quantitative estimate of drug-likeness (QED) is 0.330. The summed E-state index contributed by atoms with van der Waals surface area (Å²) in [5.41, 5.74) is 1.49. The van der Waals surface area contributed by atoms with Gasteiger partial charge in [-0.05, 0) is 31.6 Å². The first kappa shape index (κ1) is 23.8. The number of nitrogens with one attached hydrogen (secondary N) is 1. The van der Waals surface area contributed by atoms with Gasteiger partial charge in [0.1, 0.15) is 30.1 Å². The maximum atomic E-state index is 15.5. The number of aromatic amines is 1. The van der Waals surface area contributed by atoms with Crippen molar-refractivity contribution in [2.75, 3.05) is 6.61 Å². The fourth-order valence-corrected chi connectivity index (χ4v) is 5.21. The molecule has 1 unspecified atom stereocenters. The van der Waals surface area contributed by atoms with E-state index in [1.54, 1.807) is 13.0 Å². The Hall–Kier alpha value is -2.36. The minimum Gasteiger partial charge on any atom is -0.403 e. The number of nitrogens with zero attached hydrogens (tertiary/aromatic N) is 1. The first-order valence-electron chi connectivity index (χ1n) is 9.70. The molecule has 3 N–H and O–H groups in total. The highest BCUT2D eigenvalue weighted by Crippen LogP contribution is 2.56. The van der Waals surface area contributed by atoms with E-state index in [4.69, 9.17) is 36.9 Å². The molecule has 0 spiro atoms. The van der Waals surface area contributed by atoms with E-state index in [0.717, 1.165) is 16.3 Å². The SMILES string of the molecule is C#Cc1cn([C@@H]2O[C@](F)(COP3(=O)OCc4cc(C)cc(C)c4O3)[C@@H](O)[C@H]2O)c(=S)[nH]c1=O. The first-order valence-corrected chi connectivity index (χ1v) is 11.6. The molecule has 3 heterocycles. The van der Waals surface area contributed by atoms with Gasteiger partial charge in [-0.1, -0.05) is 23.6 Å². The number of hydrogen-bond donors (Lipinski definition) is 3. The number of phosphoric ester groups is 1. The normalized spacial score (nSPS) is 31.0. The third kappa shape index (κ3) is 4.29. The van der Waals surface area contributed by atoms with E-state index in [9.17, 15) is 19.6 Å². The maximum Gasteiger partial charge on any atom is 0.530 e. The van der Waals surface area contributed by atoms with Gasteiger partial charge in [0.2, 0.25) is 0 Å². The summed E-state index contributed by atoms with van der Waals surface area (Å²) < 4.78 is 50.1. The molecule has 10 nitrogen and oxygen atoms in total. The number of phosphoric acid groups is 1. The number of aryl methyl sites for hydroxylation is 2. The number of aliphatic hydroxyl groups is 2. The maximum absolute atomic E-state index is 15.5. The second-order valence-corrected chi connectivity index (χ2v) is 9.72. The van der Waals surface area contributed by atoms with Crippen molar-refractivity contribution in [1.82, 2.24) is 9.55 Å². The Morgan fingerprint density at radius 2 is 2.18 bits per heavy atom. The molecule has 2 aliphatic heterocycles. The van der Waals surface area contributed by atoms with E-state index in [2.05, 4.69) is 10.9 Å². The molecular formula is C20H20FN2O8PS. The van der Waals surface area contributed by atoms with Gasteiger partial charge in [-0.15, -0.1) is 6.42 Å². The number of alkyl halides is 1. The molecule has 1 aromatic heterocycles. The summed E-state index contributed by atoms with van der Waals surface area (Å²) in [5.74, 6) is -0.591. The number of terminal acetylenes is 1. The molecule has 4 rings (SSSR count). The van der Waals surface area contributed by atoms with E-state index in [1.807, 2.05) is 13.0 Å². The Kier molecular flexibility index (Phi) is 6.09. The van der Waals surface area contributed by atoms with Crippen LogP contribution in [0.3, 0.4) is 0 Å². The number of rotatable bonds is 4. The Labute approximate surface area is 192 Å². The average molecular weight is 498 g/mol. The summed E-state index contributed by atoms with van der Waals surface area (Å²) in [6, 6.07) is 3.61. The van der Waals surface area contributed by atoms with Crippen molar-refractivity contribution in [1.29, 1.82) is 0 Å². The van der Waals surface area contributed by atoms with E-state index < -0.39 is 44.3 Å². The molecule has 0 radical (unpaired) electrons. The van der Waals surface area contributed by atoms with Crippen LogP contribution in [0.15, 0.2) is 23.1 Å². The van der Waals surface area contributed by atoms with Crippen LogP contribution in [0.25, 0.3) is 0 Å². The van der Waals surface area contributed by atoms with Gasteiger partial charge in [0, 0.05) is 11.8 Å². The highest BCUT2D eigenvalue weighted by atomic mass is 32.1. The van der Waals surface area contributed by atoms with Gasteiger partial charge in [-0.2, -0.15) is 0 Å². The minimum atomic E-state index is -4.26. The number of ether oxygens (including phenoxy) is 1. The molecule has 0 aliphatic carbocycles. The Morgan fingerprint density at radius 1 is 1.45 bits per heavy atom. The summed E-state index contributed by atoms with van der Waals surface area (Å²) >= 11 is 5.02. The zero-order chi connectivity index (χ0) is 24.1. The van der Waals surface area contributed by atoms with Gasteiger partial charge < -0.3 is 19.5 Å². The van der Waals surface area contributed by atoms with Crippen molar-refractivity contribution in [3.8, 4) is 18.1 Å². The molecule has 1 aromatic carbocycles. The fraction of sp³-hybridized carbons (Fsp3) is 0.400. The molecule has 1 fully saturated rings. The Balaban J connectivity index is 1.55. The van der Waals surface area contributed by atoms with Crippen molar-refractivity contribution < 1.29 is 37.5 Å². The topological polar surface area (TPSA) is 132 Å². The van der Waals surface area contributed by atoms with Gasteiger partial charge in [0.15, 0.2) is 11.0 Å². The van der Waals surface area contributed by atoms with Gasteiger partial charge in [0.05, 0.1) is 6.61 Å².